The van der Waals surface area contributed by atoms with Crippen molar-refractivity contribution in [3.63, 3.8) is 0 Å². The molecule has 0 saturated heterocycles. The molecule has 3 rings (SSSR count). The molecule has 0 amide bonds. The van der Waals surface area contributed by atoms with Gasteiger partial charge in [-0.15, -0.1) is 0 Å². The second-order valence-electron chi connectivity index (χ2n) is 5.06. The first-order chi connectivity index (χ1) is 9.83. The van der Waals surface area contributed by atoms with E-state index >= 15 is 0 Å². The van der Waals surface area contributed by atoms with E-state index in [1.54, 1.807) is 0 Å². The van der Waals surface area contributed by atoms with Crippen molar-refractivity contribution in [3.8, 4) is 0 Å². The molecule has 0 spiro atoms. The molecule has 0 N–H and O–H groups in total. The van der Waals surface area contributed by atoms with E-state index in [0.29, 0.717) is 0 Å². The van der Waals surface area contributed by atoms with Crippen LogP contribution in [0.5, 0.6) is 0 Å². The predicted molar refractivity (Wildman–Crippen MR) is 80.7 cm³/mol. The van der Waals surface area contributed by atoms with Gasteiger partial charge in [0.25, 0.3) is 0 Å². The lowest BCUT2D eigenvalue weighted by Crippen LogP contribution is -2.19. The number of carbonyl (C=O) groups excluding carboxylic acids is 1. The molecule has 0 atom stereocenters. The first-order valence-electron chi connectivity index (χ1n) is 6.89. The van der Waals surface area contributed by atoms with E-state index in [2.05, 4.69) is 29.2 Å². The maximum atomic E-state index is 12.3. The van der Waals surface area contributed by atoms with Gasteiger partial charge in [-0.25, -0.2) is 0 Å². The van der Waals surface area contributed by atoms with E-state index < -0.39 is 0 Å². The van der Waals surface area contributed by atoms with E-state index in [9.17, 15) is 4.79 Å². The molecule has 0 radical (unpaired) electrons. The van der Waals surface area contributed by atoms with E-state index in [1.807, 2.05) is 42.5 Å². The molecule has 1 aliphatic heterocycles. The molecule has 2 heteroatoms. The highest BCUT2D eigenvalue weighted by Gasteiger charge is 2.10. The SMILES string of the molecule is O=C(c1ccccc1)c1ccc(CN2CC=CC2)cc1. The molecule has 2 aromatic rings. The fourth-order valence-corrected chi connectivity index (χ4v) is 2.43. The average Bonchev–Trinajstić information content (AvgIpc) is 3.01. The highest BCUT2D eigenvalue weighted by Crippen LogP contribution is 2.13. The zero-order valence-corrected chi connectivity index (χ0v) is 11.3. The number of ketones is 1. The molecule has 2 aromatic carbocycles. The van der Waals surface area contributed by atoms with Gasteiger partial charge in [-0.1, -0.05) is 66.7 Å². The van der Waals surface area contributed by atoms with Crippen LogP contribution in [-0.2, 0) is 6.54 Å². The Balaban J connectivity index is 1.71. The minimum absolute atomic E-state index is 0.0833. The second kappa shape index (κ2) is 5.85. The molecule has 1 aliphatic rings. The lowest BCUT2D eigenvalue weighted by atomic mass is 10.0. The number of hydrogen-bond acceptors (Lipinski definition) is 2. The molecule has 0 aliphatic carbocycles. The van der Waals surface area contributed by atoms with Crippen molar-refractivity contribution >= 4 is 5.78 Å². The van der Waals surface area contributed by atoms with Crippen LogP contribution in [0.15, 0.2) is 66.7 Å². The van der Waals surface area contributed by atoms with E-state index in [1.165, 1.54) is 5.56 Å². The molecule has 0 bridgehead atoms. The molecule has 1 heterocycles. The van der Waals surface area contributed by atoms with Gasteiger partial charge in [0, 0.05) is 30.8 Å². The fraction of sp³-hybridized carbons (Fsp3) is 0.167. The van der Waals surface area contributed by atoms with Crippen LogP contribution in [0.4, 0.5) is 0 Å². The fourth-order valence-electron chi connectivity index (χ4n) is 2.43. The molecule has 100 valence electrons. The average molecular weight is 263 g/mol. The number of benzene rings is 2. The smallest absolute Gasteiger partial charge is 0.193 e. The van der Waals surface area contributed by atoms with Gasteiger partial charge in [0.1, 0.15) is 0 Å². The Morgan fingerprint density at radius 3 is 2.10 bits per heavy atom. The van der Waals surface area contributed by atoms with Crippen LogP contribution in [-0.4, -0.2) is 23.8 Å². The van der Waals surface area contributed by atoms with Crippen molar-refractivity contribution in [2.24, 2.45) is 0 Å². The van der Waals surface area contributed by atoms with Gasteiger partial charge in [0.2, 0.25) is 0 Å². The summed E-state index contributed by atoms with van der Waals surface area (Å²) in [6, 6.07) is 17.4. The highest BCUT2D eigenvalue weighted by atomic mass is 16.1. The van der Waals surface area contributed by atoms with Crippen LogP contribution in [0, 0.1) is 0 Å². The quantitative estimate of drug-likeness (QED) is 0.623. The van der Waals surface area contributed by atoms with Crippen LogP contribution >= 0.6 is 0 Å². The van der Waals surface area contributed by atoms with Crippen LogP contribution in [0.25, 0.3) is 0 Å². The Kier molecular flexibility index (Phi) is 3.75. The van der Waals surface area contributed by atoms with Gasteiger partial charge in [-0.2, -0.15) is 0 Å². The van der Waals surface area contributed by atoms with Crippen molar-refractivity contribution in [2.75, 3.05) is 13.1 Å². The van der Waals surface area contributed by atoms with Gasteiger partial charge in [0.15, 0.2) is 5.78 Å². The van der Waals surface area contributed by atoms with Crippen molar-refractivity contribution in [1.29, 1.82) is 0 Å². The third-order valence-electron chi connectivity index (χ3n) is 3.55. The van der Waals surface area contributed by atoms with Gasteiger partial charge < -0.3 is 0 Å². The summed E-state index contributed by atoms with van der Waals surface area (Å²) in [6.07, 6.45) is 4.38. The molecular formula is C18H17NO. The van der Waals surface area contributed by atoms with Crippen molar-refractivity contribution in [3.05, 3.63) is 83.4 Å². The molecule has 2 nitrogen and oxygen atoms in total. The van der Waals surface area contributed by atoms with Crippen LogP contribution in [0.3, 0.4) is 0 Å². The predicted octanol–water partition coefficient (Wildman–Crippen LogP) is 3.29. The van der Waals surface area contributed by atoms with Gasteiger partial charge >= 0.3 is 0 Å². The lowest BCUT2D eigenvalue weighted by molar-refractivity contribution is 0.103. The summed E-state index contributed by atoms with van der Waals surface area (Å²) < 4.78 is 0. The second-order valence-corrected chi connectivity index (χ2v) is 5.06. The topological polar surface area (TPSA) is 20.3 Å². The summed E-state index contributed by atoms with van der Waals surface area (Å²) in [6.45, 7) is 2.97. The van der Waals surface area contributed by atoms with E-state index in [-0.39, 0.29) is 5.78 Å². The summed E-state index contributed by atoms with van der Waals surface area (Å²) in [7, 11) is 0. The first kappa shape index (κ1) is 12.8. The maximum Gasteiger partial charge on any atom is 0.193 e. The molecule has 20 heavy (non-hydrogen) atoms. The van der Waals surface area contributed by atoms with Crippen LogP contribution in [0.2, 0.25) is 0 Å². The summed E-state index contributed by atoms with van der Waals surface area (Å²) >= 11 is 0. The molecule has 0 saturated carbocycles. The maximum absolute atomic E-state index is 12.3. The summed E-state index contributed by atoms with van der Waals surface area (Å²) in [4.78, 5) is 14.6. The van der Waals surface area contributed by atoms with Crippen LogP contribution < -0.4 is 0 Å². The first-order valence-corrected chi connectivity index (χ1v) is 6.89. The summed E-state index contributed by atoms with van der Waals surface area (Å²) in [5.74, 6) is 0.0833. The Bertz CT molecular complexity index is 606. The third-order valence-corrected chi connectivity index (χ3v) is 3.55. The largest absolute Gasteiger partial charge is 0.292 e. The van der Waals surface area contributed by atoms with E-state index in [4.69, 9.17) is 0 Å². The van der Waals surface area contributed by atoms with Crippen LogP contribution in [0.1, 0.15) is 21.5 Å². The minimum atomic E-state index is 0.0833. The zero-order valence-electron chi connectivity index (χ0n) is 11.3. The molecule has 0 unspecified atom stereocenters. The number of hydrogen-bond donors (Lipinski definition) is 0. The van der Waals surface area contributed by atoms with Crippen molar-refractivity contribution < 1.29 is 4.79 Å². The van der Waals surface area contributed by atoms with Crippen molar-refractivity contribution in [1.82, 2.24) is 4.90 Å². The standard InChI is InChI=1S/C18H17NO/c20-18(16-6-2-1-3-7-16)17-10-8-15(9-11-17)14-19-12-4-5-13-19/h1-11H,12-14H2. The highest BCUT2D eigenvalue weighted by molar-refractivity contribution is 6.08. The zero-order chi connectivity index (χ0) is 13.8. The van der Waals surface area contributed by atoms with Gasteiger partial charge in [-0.05, 0) is 5.56 Å². The van der Waals surface area contributed by atoms with Gasteiger partial charge in [0.05, 0.1) is 0 Å². The number of nitrogens with zero attached hydrogens (tertiary/aromatic N) is 1. The lowest BCUT2D eigenvalue weighted by Gasteiger charge is -2.14. The summed E-state index contributed by atoms with van der Waals surface area (Å²) in [5, 5.41) is 0. The Morgan fingerprint density at radius 1 is 0.850 bits per heavy atom. The van der Waals surface area contributed by atoms with Crippen molar-refractivity contribution in [2.45, 2.75) is 6.54 Å². The normalized spacial score (nSPS) is 14.6. The Morgan fingerprint density at radius 2 is 1.45 bits per heavy atom. The molecule has 0 fully saturated rings. The summed E-state index contributed by atoms with van der Waals surface area (Å²) in [5.41, 5.74) is 2.74. The Labute approximate surface area is 119 Å². The molecule has 0 aromatic heterocycles. The molecular weight excluding hydrogens is 246 g/mol. The van der Waals surface area contributed by atoms with Gasteiger partial charge in [-0.3, -0.25) is 9.69 Å². The minimum Gasteiger partial charge on any atom is -0.292 e. The van der Waals surface area contributed by atoms with E-state index in [0.717, 1.165) is 30.8 Å². The number of rotatable bonds is 4. The third kappa shape index (κ3) is 2.86. The number of carbonyl (C=O) groups is 1. The monoisotopic (exact) mass is 263 g/mol. The Hall–Kier alpha value is -2.19.